The second-order valence-electron chi connectivity index (χ2n) is 10.6. The van der Waals surface area contributed by atoms with Crippen molar-refractivity contribution in [1.82, 2.24) is 20.1 Å². The summed E-state index contributed by atoms with van der Waals surface area (Å²) in [6.07, 6.45) is 11.5. The Bertz CT molecular complexity index is 914. The third-order valence-electron chi connectivity index (χ3n) is 8.27. The maximum absolute atomic E-state index is 12.9. The number of nitrogens with one attached hydrogen (secondary N) is 1. The van der Waals surface area contributed by atoms with E-state index in [0.29, 0.717) is 17.2 Å². The monoisotopic (exact) mass is 456 g/mol. The van der Waals surface area contributed by atoms with E-state index >= 15 is 0 Å². The lowest BCUT2D eigenvalue weighted by Gasteiger charge is -2.59. The fourth-order valence-corrected chi connectivity index (χ4v) is 8.61. The summed E-state index contributed by atoms with van der Waals surface area (Å²) in [5, 5.41) is 15.4. The van der Waals surface area contributed by atoms with Crippen LogP contribution in [0.1, 0.15) is 75.0 Å². The van der Waals surface area contributed by atoms with Crippen LogP contribution >= 0.6 is 23.1 Å². The number of hydrogen-bond donors (Lipinski definition) is 1. The van der Waals surface area contributed by atoms with Crippen molar-refractivity contribution >= 4 is 29.0 Å². The van der Waals surface area contributed by atoms with Crippen LogP contribution < -0.4 is 5.32 Å². The Kier molecular flexibility index (Phi) is 5.17. The van der Waals surface area contributed by atoms with Crippen molar-refractivity contribution < 1.29 is 4.79 Å². The van der Waals surface area contributed by atoms with E-state index < -0.39 is 0 Å². The van der Waals surface area contributed by atoms with Gasteiger partial charge in [-0.3, -0.25) is 4.79 Å². The highest BCUT2D eigenvalue weighted by Crippen LogP contribution is 2.61. The van der Waals surface area contributed by atoms with Gasteiger partial charge in [0, 0.05) is 23.4 Å². The number of nitrogens with zero attached hydrogens (tertiary/aromatic N) is 3. The molecule has 5 aliphatic carbocycles. The first-order valence-corrected chi connectivity index (χ1v) is 13.8. The van der Waals surface area contributed by atoms with Gasteiger partial charge in [-0.1, -0.05) is 17.8 Å². The number of carbonyl (C=O) groups excluding carboxylic acids is 1. The van der Waals surface area contributed by atoms with Crippen LogP contribution in [0.3, 0.4) is 0 Å². The number of thiophene rings is 1. The Hall–Kier alpha value is -1.34. The van der Waals surface area contributed by atoms with E-state index in [1.165, 1.54) is 56.2 Å². The van der Waals surface area contributed by atoms with E-state index in [1.54, 1.807) is 23.1 Å². The molecule has 166 valence electrons. The van der Waals surface area contributed by atoms with Gasteiger partial charge < -0.3 is 9.88 Å². The molecule has 5 fully saturated rings. The van der Waals surface area contributed by atoms with Crippen LogP contribution in [-0.2, 0) is 11.2 Å². The third-order valence-corrected chi connectivity index (χ3v) is 10.1. The molecule has 1 unspecified atom stereocenters. The van der Waals surface area contributed by atoms with Crippen LogP contribution in [-0.4, -0.2) is 32.5 Å². The Morgan fingerprint density at radius 2 is 1.94 bits per heavy atom. The van der Waals surface area contributed by atoms with E-state index in [4.69, 9.17) is 0 Å². The average molecular weight is 457 g/mol. The molecule has 4 bridgehead atoms. The zero-order valence-electron chi connectivity index (χ0n) is 18.3. The highest BCUT2D eigenvalue weighted by atomic mass is 32.2. The molecule has 5 saturated carbocycles. The minimum absolute atomic E-state index is 0.151. The molecule has 5 nitrogen and oxygen atoms in total. The number of amides is 1. The molecule has 1 amide bonds. The molecular weight excluding hydrogens is 424 g/mol. The maximum atomic E-state index is 12.9. The van der Waals surface area contributed by atoms with Crippen molar-refractivity contribution in [1.29, 1.82) is 0 Å². The molecule has 2 aromatic rings. The van der Waals surface area contributed by atoms with Crippen LogP contribution in [0.5, 0.6) is 0 Å². The second kappa shape index (κ2) is 7.91. The zero-order chi connectivity index (χ0) is 21.0. The summed E-state index contributed by atoms with van der Waals surface area (Å²) < 4.78 is 2.29. The summed E-state index contributed by atoms with van der Waals surface area (Å²) in [5.41, 5.74) is 0.358. The summed E-state index contributed by atoms with van der Waals surface area (Å²) in [5.74, 6) is 4.37. The van der Waals surface area contributed by atoms with Gasteiger partial charge in [0.1, 0.15) is 5.82 Å². The smallest absolute Gasteiger partial charge is 0.230 e. The lowest BCUT2D eigenvalue weighted by Crippen LogP contribution is -2.56. The van der Waals surface area contributed by atoms with Crippen molar-refractivity contribution in [3.63, 3.8) is 0 Å². The summed E-state index contributed by atoms with van der Waals surface area (Å²) in [4.78, 5) is 14.2. The molecule has 7 rings (SSSR count). The predicted octanol–water partition coefficient (Wildman–Crippen LogP) is 5.08. The Morgan fingerprint density at radius 1 is 1.23 bits per heavy atom. The molecule has 0 saturated heterocycles. The molecule has 7 heteroatoms. The van der Waals surface area contributed by atoms with Crippen molar-refractivity contribution in [2.45, 2.75) is 82.0 Å². The maximum Gasteiger partial charge on any atom is 0.230 e. The number of aromatic nitrogens is 3. The van der Waals surface area contributed by atoms with Gasteiger partial charge in [0.2, 0.25) is 5.91 Å². The van der Waals surface area contributed by atoms with Crippen molar-refractivity contribution in [2.24, 2.45) is 23.2 Å². The minimum atomic E-state index is 0.151. The molecular formula is C24H32N4OS2. The molecule has 1 atom stereocenters. The summed E-state index contributed by atoms with van der Waals surface area (Å²) in [7, 11) is 0. The molecule has 0 spiro atoms. The van der Waals surface area contributed by atoms with Crippen molar-refractivity contribution in [3.05, 3.63) is 28.2 Å². The summed E-state index contributed by atoms with van der Waals surface area (Å²) >= 11 is 3.32. The molecule has 2 heterocycles. The van der Waals surface area contributed by atoms with Crippen molar-refractivity contribution in [3.8, 4) is 0 Å². The summed E-state index contributed by atoms with van der Waals surface area (Å²) in [6, 6.07) is 5.04. The van der Waals surface area contributed by atoms with Crippen LogP contribution in [0.4, 0.5) is 0 Å². The number of carbonyl (C=O) groups is 1. The summed E-state index contributed by atoms with van der Waals surface area (Å²) in [6.45, 7) is 2.27. The average Bonchev–Trinajstić information content (AvgIpc) is 3.28. The topological polar surface area (TPSA) is 59.8 Å². The first-order chi connectivity index (χ1) is 15.1. The van der Waals surface area contributed by atoms with E-state index in [0.717, 1.165) is 35.2 Å². The van der Waals surface area contributed by atoms with Gasteiger partial charge in [-0.2, -0.15) is 0 Å². The lowest BCUT2D eigenvalue weighted by molar-refractivity contribution is -0.123. The van der Waals surface area contributed by atoms with Gasteiger partial charge >= 0.3 is 0 Å². The third kappa shape index (κ3) is 3.97. The van der Waals surface area contributed by atoms with Crippen LogP contribution in [0.2, 0.25) is 0 Å². The van der Waals surface area contributed by atoms with Crippen molar-refractivity contribution in [2.75, 3.05) is 5.75 Å². The minimum Gasteiger partial charge on any atom is -0.352 e. The molecule has 31 heavy (non-hydrogen) atoms. The largest absolute Gasteiger partial charge is 0.352 e. The zero-order valence-corrected chi connectivity index (χ0v) is 19.9. The van der Waals surface area contributed by atoms with Crippen LogP contribution in [0.15, 0.2) is 22.7 Å². The SMILES string of the molecule is CC(NC(=O)CSc1nnc(Cc2cccs2)n1C1CC1)C12CC3CC(CC(C3)C1)C2. The Labute approximate surface area is 192 Å². The second-order valence-corrected chi connectivity index (χ2v) is 12.6. The van der Waals surface area contributed by atoms with Gasteiger partial charge in [-0.05, 0) is 92.9 Å². The van der Waals surface area contributed by atoms with E-state index in [-0.39, 0.29) is 11.9 Å². The molecule has 0 aromatic carbocycles. The van der Waals surface area contributed by atoms with E-state index in [2.05, 4.69) is 44.5 Å². The van der Waals surface area contributed by atoms with Gasteiger partial charge in [0.05, 0.1) is 5.75 Å². The predicted molar refractivity (Wildman–Crippen MR) is 124 cm³/mol. The lowest BCUT2D eigenvalue weighted by atomic mass is 9.48. The highest BCUT2D eigenvalue weighted by molar-refractivity contribution is 7.99. The fraction of sp³-hybridized carbons (Fsp3) is 0.708. The van der Waals surface area contributed by atoms with Crippen LogP contribution in [0.25, 0.3) is 0 Å². The van der Waals surface area contributed by atoms with E-state index in [9.17, 15) is 4.79 Å². The van der Waals surface area contributed by atoms with Gasteiger partial charge in [-0.15, -0.1) is 21.5 Å². The van der Waals surface area contributed by atoms with Gasteiger partial charge in [-0.25, -0.2) is 0 Å². The molecule has 0 radical (unpaired) electrons. The van der Waals surface area contributed by atoms with Gasteiger partial charge in [0.15, 0.2) is 5.16 Å². The highest BCUT2D eigenvalue weighted by Gasteiger charge is 2.53. The normalized spacial score (nSPS) is 32.4. The number of thioether (sulfide) groups is 1. The van der Waals surface area contributed by atoms with E-state index in [1.807, 2.05) is 0 Å². The molecule has 2 aromatic heterocycles. The number of rotatable bonds is 8. The first-order valence-electron chi connectivity index (χ1n) is 12.0. The number of hydrogen-bond acceptors (Lipinski definition) is 5. The quantitative estimate of drug-likeness (QED) is 0.563. The first kappa shape index (κ1) is 20.3. The molecule has 1 N–H and O–H groups in total. The Morgan fingerprint density at radius 3 is 2.55 bits per heavy atom. The van der Waals surface area contributed by atoms with Gasteiger partial charge in [0.25, 0.3) is 0 Å². The standard InChI is InChI=1S/C24H32N4OS2/c1-15(24-11-16-7-17(12-24)9-18(8-16)13-24)25-22(29)14-31-23-27-26-21(28(23)19-4-5-19)10-20-3-2-6-30-20/h2-3,6,15-19H,4-5,7-14H2,1H3,(H,25,29). The molecule has 0 aliphatic heterocycles. The van der Waals surface area contributed by atoms with Crippen LogP contribution in [0, 0.1) is 23.2 Å². The molecule has 5 aliphatic rings. The fourth-order valence-electron chi connectivity index (χ4n) is 7.07. The Balaban J connectivity index is 1.09.